The Balaban J connectivity index is 1.82. The standard InChI is InChI=1S/C14H12BrIN/c15-12-5-7-14(8-6-12)17-10-13(16)9-11-3-1-2-4-11/h1-9,17H,10H2/b13-9-. The van der Waals surface area contributed by atoms with E-state index in [1.807, 2.05) is 12.1 Å². The van der Waals surface area contributed by atoms with E-state index in [4.69, 9.17) is 0 Å². The normalized spacial score (nSPS) is 17.4. The zero-order valence-corrected chi connectivity index (χ0v) is 12.9. The molecule has 0 amide bonds. The van der Waals surface area contributed by atoms with Crippen molar-refractivity contribution in [2.75, 3.05) is 11.9 Å². The number of hydrogen-bond donors (Lipinski definition) is 1. The molecule has 0 saturated heterocycles. The van der Waals surface area contributed by atoms with Crippen molar-refractivity contribution in [1.82, 2.24) is 0 Å². The lowest BCUT2D eigenvalue weighted by Crippen LogP contribution is -2.02. The first-order valence-electron chi connectivity index (χ1n) is 5.31. The van der Waals surface area contributed by atoms with E-state index in [0.29, 0.717) is 0 Å². The van der Waals surface area contributed by atoms with E-state index in [1.165, 1.54) is 9.50 Å². The molecule has 1 fully saturated rings. The van der Waals surface area contributed by atoms with E-state index in [9.17, 15) is 0 Å². The maximum atomic E-state index is 3.42. The lowest BCUT2D eigenvalue weighted by molar-refractivity contribution is 1.28. The van der Waals surface area contributed by atoms with E-state index in [2.05, 4.69) is 87.7 Å². The molecule has 0 atom stereocenters. The minimum Gasteiger partial charge on any atom is -0.381 e. The van der Waals surface area contributed by atoms with Gasteiger partial charge in [-0.15, -0.1) is 0 Å². The number of anilines is 1. The van der Waals surface area contributed by atoms with E-state index in [-0.39, 0.29) is 0 Å². The first-order valence-corrected chi connectivity index (χ1v) is 7.18. The van der Waals surface area contributed by atoms with Crippen LogP contribution in [0.2, 0.25) is 0 Å². The summed E-state index contributed by atoms with van der Waals surface area (Å²) in [4.78, 5) is 0. The molecule has 1 aromatic rings. The van der Waals surface area contributed by atoms with Gasteiger partial charge in [-0.25, -0.2) is 0 Å². The molecule has 5 radical (unpaired) electrons. The first-order chi connectivity index (χ1) is 8.24. The van der Waals surface area contributed by atoms with Gasteiger partial charge in [-0.2, -0.15) is 0 Å². The van der Waals surface area contributed by atoms with E-state index in [1.54, 1.807) is 0 Å². The van der Waals surface area contributed by atoms with Gasteiger partial charge >= 0.3 is 0 Å². The lowest BCUT2D eigenvalue weighted by Gasteiger charge is -2.07. The van der Waals surface area contributed by atoms with Crippen molar-refractivity contribution in [1.29, 1.82) is 0 Å². The van der Waals surface area contributed by atoms with Gasteiger partial charge in [-0.3, -0.25) is 0 Å². The summed E-state index contributed by atoms with van der Waals surface area (Å²) in [5.41, 5.74) is 1.14. The van der Waals surface area contributed by atoms with Gasteiger partial charge in [-0.1, -0.05) is 22.0 Å². The van der Waals surface area contributed by atoms with Crippen LogP contribution >= 0.6 is 38.5 Å². The largest absolute Gasteiger partial charge is 0.381 e. The van der Waals surface area contributed by atoms with Crippen LogP contribution < -0.4 is 5.32 Å². The fourth-order valence-electron chi connectivity index (χ4n) is 1.47. The second kappa shape index (κ2) is 6.78. The van der Waals surface area contributed by atoms with Crippen LogP contribution in [0.1, 0.15) is 0 Å². The number of nitrogens with one attached hydrogen (secondary N) is 1. The molecule has 87 valence electrons. The molecule has 0 aromatic heterocycles. The zero-order chi connectivity index (χ0) is 12.1. The van der Waals surface area contributed by atoms with Crippen molar-refractivity contribution in [2.24, 2.45) is 0 Å². The Kier molecular flexibility index (Phi) is 5.35. The second-order valence-corrected chi connectivity index (χ2v) is 5.97. The van der Waals surface area contributed by atoms with Gasteiger partial charge in [0.25, 0.3) is 0 Å². The van der Waals surface area contributed by atoms with Crippen LogP contribution in [0.15, 0.2) is 38.4 Å². The van der Waals surface area contributed by atoms with Gasteiger partial charge < -0.3 is 5.32 Å². The SMILES string of the molecule is Brc1ccc(NC/C(I)=C/[C]2[CH][CH][CH][CH]2)cc1. The Morgan fingerprint density at radius 3 is 2.47 bits per heavy atom. The van der Waals surface area contributed by atoms with Crippen molar-refractivity contribution in [3.63, 3.8) is 0 Å². The van der Waals surface area contributed by atoms with E-state index < -0.39 is 0 Å². The molecular formula is C14H12BrIN. The molecule has 1 aliphatic carbocycles. The minimum atomic E-state index is 0.855. The van der Waals surface area contributed by atoms with Crippen LogP contribution in [0.5, 0.6) is 0 Å². The van der Waals surface area contributed by atoms with Crippen molar-refractivity contribution in [3.05, 3.63) is 70.0 Å². The Bertz CT molecular complexity index is 380. The molecule has 1 aromatic carbocycles. The summed E-state index contributed by atoms with van der Waals surface area (Å²) in [6.45, 7) is 0.855. The van der Waals surface area contributed by atoms with Crippen LogP contribution in [0.3, 0.4) is 0 Å². The highest BCUT2D eigenvalue weighted by Gasteiger charge is 2.14. The highest BCUT2D eigenvalue weighted by molar-refractivity contribution is 14.1. The van der Waals surface area contributed by atoms with Gasteiger partial charge in [0.1, 0.15) is 0 Å². The number of rotatable bonds is 4. The number of benzene rings is 1. The second-order valence-electron chi connectivity index (χ2n) is 3.67. The van der Waals surface area contributed by atoms with Gasteiger partial charge in [0.15, 0.2) is 0 Å². The van der Waals surface area contributed by atoms with Crippen molar-refractivity contribution < 1.29 is 0 Å². The summed E-state index contributed by atoms with van der Waals surface area (Å²) in [5.74, 6) is 1.26. The Hall–Kier alpha value is -0.0300. The van der Waals surface area contributed by atoms with Crippen molar-refractivity contribution in [3.8, 4) is 0 Å². The topological polar surface area (TPSA) is 12.0 Å². The third kappa shape index (κ3) is 4.62. The molecule has 3 heteroatoms. The third-order valence-electron chi connectivity index (χ3n) is 2.32. The summed E-state index contributed by atoms with van der Waals surface area (Å²) >= 11 is 5.79. The van der Waals surface area contributed by atoms with Crippen molar-refractivity contribution >= 4 is 44.2 Å². The first kappa shape index (κ1) is 13.4. The molecule has 0 unspecified atom stereocenters. The molecule has 0 heterocycles. The monoisotopic (exact) mass is 400 g/mol. The number of hydrogen-bond acceptors (Lipinski definition) is 1. The molecule has 2 rings (SSSR count). The number of allylic oxidation sites excluding steroid dienone is 1. The summed E-state index contributed by atoms with van der Waals surface area (Å²) in [6.07, 6.45) is 10.5. The summed E-state index contributed by atoms with van der Waals surface area (Å²) < 4.78 is 2.39. The van der Waals surface area contributed by atoms with Gasteiger partial charge in [-0.05, 0) is 72.5 Å². The van der Waals surface area contributed by atoms with Crippen LogP contribution in [0.25, 0.3) is 0 Å². The number of halogens is 2. The predicted molar refractivity (Wildman–Crippen MR) is 85.2 cm³/mol. The Labute approximate surface area is 125 Å². The Morgan fingerprint density at radius 1 is 1.18 bits per heavy atom. The maximum Gasteiger partial charge on any atom is 0.0455 e. The smallest absolute Gasteiger partial charge is 0.0455 e. The van der Waals surface area contributed by atoms with Crippen molar-refractivity contribution in [2.45, 2.75) is 0 Å². The molecule has 0 aliphatic heterocycles. The molecule has 1 nitrogen and oxygen atoms in total. The minimum absolute atomic E-state index is 0.855. The van der Waals surface area contributed by atoms with Crippen LogP contribution in [-0.2, 0) is 0 Å². The molecule has 17 heavy (non-hydrogen) atoms. The lowest BCUT2D eigenvalue weighted by atomic mass is 10.1. The van der Waals surface area contributed by atoms with E-state index in [0.717, 1.165) is 16.7 Å². The van der Waals surface area contributed by atoms with E-state index >= 15 is 0 Å². The van der Waals surface area contributed by atoms with Crippen LogP contribution in [0.4, 0.5) is 5.69 Å². The fourth-order valence-corrected chi connectivity index (χ4v) is 2.29. The molecule has 0 spiro atoms. The molecule has 1 aliphatic rings. The van der Waals surface area contributed by atoms with Gasteiger partial charge in [0.05, 0.1) is 0 Å². The highest BCUT2D eigenvalue weighted by atomic mass is 127. The molecular weight excluding hydrogens is 389 g/mol. The Morgan fingerprint density at radius 2 is 1.82 bits per heavy atom. The average Bonchev–Trinajstić information content (AvgIpc) is 2.81. The van der Waals surface area contributed by atoms with Crippen LogP contribution in [-0.4, -0.2) is 6.54 Å². The fraction of sp³-hybridized carbons (Fsp3) is 0.0714. The maximum absolute atomic E-state index is 3.42. The molecule has 1 N–H and O–H groups in total. The summed E-state index contributed by atoms with van der Waals surface area (Å²) in [5, 5.41) is 3.39. The zero-order valence-electron chi connectivity index (χ0n) is 9.16. The third-order valence-corrected chi connectivity index (χ3v) is 3.54. The molecule has 0 bridgehead atoms. The van der Waals surface area contributed by atoms with Crippen LogP contribution in [0, 0.1) is 31.6 Å². The van der Waals surface area contributed by atoms with Gasteiger partial charge in [0, 0.05) is 26.2 Å². The predicted octanol–water partition coefficient (Wildman–Crippen LogP) is 4.59. The highest BCUT2D eigenvalue weighted by Crippen LogP contribution is 2.26. The summed E-state index contributed by atoms with van der Waals surface area (Å²) in [7, 11) is 0. The molecule has 1 saturated carbocycles. The van der Waals surface area contributed by atoms with Gasteiger partial charge in [0.2, 0.25) is 0 Å². The summed E-state index contributed by atoms with van der Waals surface area (Å²) in [6, 6.07) is 8.21. The average molecular weight is 401 g/mol. The quantitative estimate of drug-likeness (QED) is 0.729.